The van der Waals surface area contributed by atoms with Crippen LogP contribution in [-0.4, -0.2) is 20.6 Å². The molecule has 0 aliphatic heterocycles. The van der Waals surface area contributed by atoms with E-state index in [1.807, 2.05) is 42.7 Å². The minimum atomic E-state index is -0.101. The Morgan fingerprint density at radius 2 is 1.89 bits per heavy atom. The molecule has 0 spiro atoms. The summed E-state index contributed by atoms with van der Waals surface area (Å²) < 4.78 is 7.12. The number of aryl methyl sites for hydroxylation is 1. The highest BCUT2D eigenvalue weighted by Crippen LogP contribution is 2.29. The molecule has 1 amide bonds. The van der Waals surface area contributed by atoms with Crippen LogP contribution in [0.2, 0.25) is 0 Å². The molecule has 0 fully saturated rings. The van der Waals surface area contributed by atoms with Crippen LogP contribution in [0.15, 0.2) is 71.5 Å². The van der Waals surface area contributed by atoms with Crippen molar-refractivity contribution in [2.24, 2.45) is 0 Å². The van der Waals surface area contributed by atoms with E-state index in [9.17, 15) is 4.79 Å². The zero-order valence-electron chi connectivity index (χ0n) is 15.0. The van der Waals surface area contributed by atoms with Gasteiger partial charge in [0.2, 0.25) is 11.8 Å². The Balaban J connectivity index is 1.59. The first kappa shape index (κ1) is 17.0. The van der Waals surface area contributed by atoms with E-state index in [0.717, 1.165) is 16.3 Å². The van der Waals surface area contributed by atoms with Crippen LogP contribution in [0.25, 0.3) is 10.8 Å². The molecule has 0 aliphatic rings. The molecule has 0 bridgehead atoms. The van der Waals surface area contributed by atoms with Gasteiger partial charge in [0.15, 0.2) is 5.82 Å². The predicted octanol–water partition coefficient (Wildman–Crippen LogP) is 3.63. The van der Waals surface area contributed by atoms with Gasteiger partial charge in [-0.15, -0.1) is 0 Å². The Bertz CT molecular complexity index is 1050. The molecule has 0 unspecified atom stereocenters. The number of nitrogens with one attached hydrogen (secondary N) is 1. The lowest BCUT2D eigenvalue weighted by atomic mass is 9.96. The summed E-state index contributed by atoms with van der Waals surface area (Å²) in [6, 6.07) is 18.3. The van der Waals surface area contributed by atoms with Gasteiger partial charge in [-0.3, -0.25) is 4.79 Å². The zero-order chi connectivity index (χ0) is 18.6. The molecule has 0 saturated carbocycles. The second-order valence-corrected chi connectivity index (χ2v) is 6.43. The second kappa shape index (κ2) is 7.45. The molecule has 0 radical (unpaired) electrons. The van der Waals surface area contributed by atoms with Gasteiger partial charge < -0.3 is 14.4 Å². The number of fused-ring (bicyclic) bond motifs is 1. The van der Waals surface area contributed by atoms with Gasteiger partial charge in [0.25, 0.3) is 0 Å². The van der Waals surface area contributed by atoms with Crippen molar-refractivity contribution in [1.29, 1.82) is 0 Å². The average Bonchev–Trinajstić information content (AvgIpc) is 3.36. The van der Waals surface area contributed by atoms with E-state index >= 15 is 0 Å². The highest BCUT2D eigenvalue weighted by Gasteiger charge is 2.19. The Morgan fingerprint density at radius 1 is 1.11 bits per heavy atom. The molecular weight excluding hydrogens is 340 g/mol. The summed E-state index contributed by atoms with van der Waals surface area (Å²) in [5.41, 5.74) is 1.12. The number of carbonyl (C=O) groups is 1. The van der Waals surface area contributed by atoms with E-state index < -0.39 is 0 Å². The zero-order valence-corrected chi connectivity index (χ0v) is 15.0. The van der Waals surface area contributed by atoms with Crippen molar-refractivity contribution >= 4 is 16.7 Å². The maximum atomic E-state index is 12.6. The van der Waals surface area contributed by atoms with Crippen molar-refractivity contribution < 1.29 is 9.32 Å². The minimum Gasteiger partial charge on any atom is -0.347 e. The summed E-state index contributed by atoms with van der Waals surface area (Å²) in [5.74, 6) is 0.890. The summed E-state index contributed by atoms with van der Waals surface area (Å²) in [7, 11) is 0. The maximum Gasteiger partial charge on any atom is 0.246 e. The fraction of sp³-hybridized carbons (Fsp3) is 0.190. The molecule has 1 N–H and O–H groups in total. The summed E-state index contributed by atoms with van der Waals surface area (Å²) in [6.45, 7) is 1.98. The van der Waals surface area contributed by atoms with Crippen LogP contribution in [0, 0.1) is 6.92 Å². The Labute approximate surface area is 156 Å². The van der Waals surface area contributed by atoms with Crippen molar-refractivity contribution in [3.05, 3.63) is 84.3 Å². The van der Waals surface area contributed by atoms with Crippen LogP contribution in [0.4, 0.5) is 0 Å². The normalized spacial score (nSPS) is 12.2. The van der Waals surface area contributed by atoms with Crippen LogP contribution in [0.5, 0.6) is 0 Å². The number of carbonyl (C=O) groups excluding carboxylic acids is 1. The maximum absolute atomic E-state index is 12.6. The number of amides is 1. The Kier molecular flexibility index (Phi) is 4.70. The average molecular weight is 360 g/mol. The SMILES string of the molecule is Cc1noc(CNC(=O)C[C@H](c2cccc3ccccc23)n2cccc2)n1. The quantitative estimate of drug-likeness (QED) is 0.570. The third-order valence-electron chi connectivity index (χ3n) is 4.55. The predicted molar refractivity (Wildman–Crippen MR) is 102 cm³/mol. The summed E-state index contributed by atoms with van der Waals surface area (Å²) >= 11 is 0. The van der Waals surface area contributed by atoms with E-state index in [1.165, 1.54) is 0 Å². The van der Waals surface area contributed by atoms with Crippen molar-refractivity contribution in [2.45, 2.75) is 25.9 Å². The lowest BCUT2D eigenvalue weighted by Crippen LogP contribution is -2.26. The van der Waals surface area contributed by atoms with E-state index in [1.54, 1.807) is 6.92 Å². The Hall–Kier alpha value is -3.41. The first-order chi connectivity index (χ1) is 13.2. The van der Waals surface area contributed by atoms with Gasteiger partial charge in [-0.25, -0.2) is 0 Å². The number of benzene rings is 2. The highest BCUT2D eigenvalue weighted by molar-refractivity contribution is 5.87. The molecular formula is C21H20N4O2. The number of hydrogen-bond acceptors (Lipinski definition) is 4. The molecule has 2 heterocycles. The van der Waals surface area contributed by atoms with Gasteiger partial charge in [0.05, 0.1) is 19.0 Å². The fourth-order valence-electron chi connectivity index (χ4n) is 3.31. The minimum absolute atomic E-state index is 0.0718. The second-order valence-electron chi connectivity index (χ2n) is 6.43. The van der Waals surface area contributed by atoms with Gasteiger partial charge >= 0.3 is 0 Å². The van der Waals surface area contributed by atoms with Crippen LogP contribution in [-0.2, 0) is 11.3 Å². The molecule has 27 heavy (non-hydrogen) atoms. The molecule has 0 saturated heterocycles. The molecule has 6 nitrogen and oxygen atoms in total. The molecule has 0 aliphatic carbocycles. The molecule has 2 aromatic heterocycles. The van der Waals surface area contributed by atoms with Gasteiger partial charge in [0.1, 0.15) is 0 Å². The van der Waals surface area contributed by atoms with Crippen LogP contribution in [0.3, 0.4) is 0 Å². The van der Waals surface area contributed by atoms with Crippen molar-refractivity contribution in [3.63, 3.8) is 0 Å². The molecule has 136 valence electrons. The van der Waals surface area contributed by atoms with Crippen molar-refractivity contribution in [1.82, 2.24) is 20.0 Å². The fourth-order valence-corrected chi connectivity index (χ4v) is 3.31. The summed E-state index contributed by atoms with van der Waals surface area (Å²) in [5, 5.41) is 8.92. The van der Waals surface area contributed by atoms with Gasteiger partial charge in [0, 0.05) is 12.4 Å². The smallest absolute Gasteiger partial charge is 0.246 e. The molecule has 4 aromatic rings. The van der Waals surface area contributed by atoms with Gasteiger partial charge in [-0.05, 0) is 35.4 Å². The van der Waals surface area contributed by atoms with Gasteiger partial charge in [-0.1, -0.05) is 47.6 Å². The van der Waals surface area contributed by atoms with Gasteiger partial charge in [-0.2, -0.15) is 4.98 Å². The van der Waals surface area contributed by atoms with Crippen LogP contribution >= 0.6 is 0 Å². The summed E-state index contributed by atoms with van der Waals surface area (Å²) in [6.07, 6.45) is 4.29. The van der Waals surface area contributed by atoms with E-state index in [2.05, 4.69) is 44.3 Å². The molecule has 4 rings (SSSR count). The van der Waals surface area contributed by atoms with Crippen molar-refractivity contribution in [3.8, 4) is 0 Å². The lowest BCUT2D eigenvalue weighted by Gasteiger charge is -2.21. The first-order valence-corrected chi connectivity index (χ1v) is 8.87. The van der Waals surface area contributed by atoms with E-state index in [-0.39, 0.29) is 18.5 Å². The third-order valence-corrected chi connectivity index (χ3v) is 4.55. The molecule has 1 atom stereocenters. The standard InChI is InChI=1S/C21H20N4O2/c1-15-23-21(27-24-15)14-22-20(26)13-19(25-11-4-5-12-25)18-10-6-8-16-7-2-3-9-17(16)18/h2-12,19H,13-14H2,1H3,(H,22,26)/t19-/m1/s1. The summed E-state index contributed by atoms with van der Waals surface area (Å²) in [4.78, 5) is 16.7. The number of rotatable bonds is 6. The number of nitrogens with zero attached hydrogens (tertiary/aromatic N) is 3. The molecule has 6 heteroatoms. The lowest BCUT2D eigenvalue weighted by molar-refractivity contribution is -0.121. The largest absolute Gasteiger partial charge is 0.347 e. The highest BCUT2D eigenvalue weighted by atomic mass is 16.5. The van der Waals surface area contributed by atoms with Crippen LogP contribution < -0.4 is 5.32 Å². The number of aromatic nitrogens is 3. The third kappa shape index (κ3) is 3.74. The monoisotopic (exact) mass is 360 g/mol. The first-order valence-electron chi connectivity index (χ1n) is 8.87. The number of hydrogen-bond donors (Lipinski definition) is 1. The van der Waals surface area contributed by atoms with Crippen molar-refractivity contribution in [2.75, 3.05) is 0 Å². The van der Waals surface area contributed by atoms with E-state index in [0.29, 0.717) is 18.1 Å². The van der Waals surface area contributed by atoms with E-state index in [4.69, 9.17) is 4.52 Å². The Morgan fingerprint density at radius 3 is 2.67 bits per heavy atom. The topological polar surface area (TPSA) is 73.0 Å². The molecule has 2 aromatic carbocycles. The van der Waals surface area contributed by atoms with Crippen LogP contribution in [0.1, 0.15) is 29.7 Å².